The van der Waals surface area contributed by atoms with E-state index in [-0.39, 0.29) is 31.1 Å². The molecule has 61 heavy (non-hydrogen) atoms. The number of rotatable bonds is 46. The van der Waals surface area contributed by atoms with Gasteiger partial charge >= 0.3 is 17.9 Å². The Balaban J connectivity index is 4.33. The highest BCUT2D eigenvalue weighted by Gasteiger charge is 2.19. The first-order valence-electron chi connectivity index (χ1n) is 25.8. The Morgan fingerprint density at radius 2 is 0.639 bits per heavy atom. The zero-order valence-corrected chi connectivity index (χ0v) is 40.2. The minimum absolute atomic E-state index is 0.0774. The molecule has 0 heterocycles. The minimum atomic E-state index is -0.776. The normalized spacial score (nSPS) is 12.5. The lowest BCUT2D eigenvalue weighted by atomic mass is 10.0. The Hall–Kier alpha value is -2.89. The number of unbranched alkanes of at least 4 members (excludes halogenated alkanes) is 25. The number of allylic oxidation sites excluding steroid dienone is 10. The van der Waals surface area contributed by atoms with E-state index < -0.39 is 6.10 Å². The summed E-state index contributed by atoms with van der Waals surface area (Å²) >= 11 is 0. The van der Waals surface area contributed by atoms with Gasteiger partial charge in [-0.15, -0.1) is 0 Å². The van der Waals surface area contributed by atoms with E-state index in [9.17, 15) is 14.4 Å². The molecule has 6 nitrogen and oxygen atoms in total. The number of carbonyl (C=O) groups excluding carboxylic acids is 3. The maximum atomic E-state index is 12.8. The van der Waals surface area contributed by atoms with Gasteiger partial charge < -0.3 is 14.2 Å². The predicted octanol–water partition coefficient (Wildman–Crippen LogP) is 16.9. The molecule has 0 aliphatic carbocycles. The van der Waals surface area contributed by atoms with Crippen LogP contribution in [-0.2, 0) is 28.6 Å². The van der Waals surface area contributed by atoms with Gasteiger partial charge in [-0.05, 0) is 64.2 Å². The van der Waals surface area contributed by atoms with Crippen LogP contribution in [0.5, 0.6) is 0 Å². The van der Waals surface area contributed by atoms with E-state index in [1.54, 1.807) is 0 Å². The average Bonchev–Trinajstić information content (AvgIpc) is 3.26. The van der Waals surface area contributed by atoms with Crippen molar-refractivity contribution in [3.63, 3.8) is 0 Å². The van der Waals surface area contributed by atoms with E-state index in [2.05, 4.69) is 81.5 Å². The summed E-state index contributed by atoms with van der Waals surface area (Å²) in [5.74, 6) is -0.893. The van der Waals surface area contributed by atoms with Crippen LogP contribution in [0.25, 0.3) is 0 Å². The second kappa shape index (κ2) is 49.8. The Bertz CT molecular complexity index is 1120. The summed E-state index contributed by atoms with van der Waals surface area (Å²) in [6.07, 6.45) is 60.6. The number of ether oxygens (including phenoxy) is 3. The van der Waals surface area contributed by atoms with Crippen LogP contribution >= 0.6 is 0 Å². The first-order chi connectivity index (χ1) is 30.0. The van der Waals surface area contributed by atoms with Crippen molar-refractivity contribution in [3.8, 4) is 0 Å². The molecule has 0 aromatic heterocycles. The molecule has 352 valence electrons. The summed E-state index contributed by atoms with van der Waals surface area (Å²) in [5.41, 5.74) is 0. The molecular formula is C55H96O6. The standard InChI is InChI=1S/C55H96O6/c1-4-7-10-13-16-19-22-24-25-26-27-28-29-30-31-32-34-36-39-42-45-48-54(57)60-51-52(50-59-53(56)47-44-41-38-35-21-18-15-12-9-6-3)61-55(58)49-46-43-40-37-33-23-20-17-14-11-8-5-2/h7,10,16,19,24-25,27-28,30-31,52H,4-6,8-9,11-15,17-18,20-23,26,29,32-51H2,1-3H3/b10-7-,19-16-,25-24-,28-27-,31-30-. The molecule has 6 heteroatoms. The number of hydrogen-bond acceptors (Lipinski definition) is 6. The number of carbonyl (C=O) groups is 3. The van der Waals surface area contributed by atoms with Crippen LogP contribution in [0.4, 0.5) is 0 Å². The van der Waals surface area contributed by atoms with Gasteiger partial charge in [-0.1, -0.05) is 229 Å². The zero-order valence-electron chi connectivity index (χ0n) is 40.2. The Morgan fingerprint density at radius 3 is 1.00 bits per heavy atom. The largest absolute Gasteiger partial charge is 0.462 e. The molecule has 0 aromatic carbocycles. The molecular weight excluding hydrogens is 757 g/mol. The molecule has 0 aliphatic heterocycles. The molecule has 0 spiro atoms. The second-order valence-corrected chi connectivity index (χ2v) is 17.1. The molecule has 0 N–H and O–H groups in total. The van der Waals surface area contributed by atoms with Gasteiger partial charge in [0.05, 0.1) is 0 Å². The van der Waals surface area contributed by atoms with Crippen LogP contribution in [0.1, 0.15) is 252 Å². The molecule has 0 radical (unpaired) electrons. The molecule has 0 bridgehead atoms. The summed E-state index contributed by atoms with van der Waals surface area (Å²) in [5, 5.41) is 0. The Labute approximate surface area is 377 Å². The van der Waals surface area contributed by atoms with E-state index in [1.165, 1.54) is 103 Å². The van der Waals surface area contributed by atoms with Crippen molar-refractivity contribution in [2.24, 2.45) is 0 Å². The molecule has 0 saturated carbocycles. The molecule has 1 unspecified atom stereocenters. The van der Waals surface area contributed by atoms with Gasteiger partial charge in [-0.2, -0.15) is 0 Å². The lowest BCUT2D eigenvalue weighted by molar-refractivity contribution is -0.167. The van der Waals surface area contributed by atoms with Crippen LogP contribution in [-0.4, -0.2) is 37.2 Å². The highest BCUT2D eigenvalue weighted by Crippen LogP contribution is 2.15. The van der Waals surface area contributed by atoms with Crippen molar-refractivity contribution in [2.75, 3.05) is 13.2 Å². The van der Waals surface area contributed by atoms with Gasteiger partial charge in [0.25, 0.3) is 0 Å². The third-order valence-corrected chi connectivity index (χ3v) is 11.0. The van der Waals surface area contributed by atoms with Crippen LogP contribution in [0.3, 0.4) is 0 Å². The van der Waals surface area contributed by atoms with Crippen LogP contribution in [0.2, 0.25) is 0 Å². The van der Waals surface area contributed by atoms with Gasteiger partial charge in [0.1, 0.15) is 13.2 Å². The smallest absolute Gasteiger partial charge is 0.306 e. The fraction of sp³-hybridized carbons (Fsp3) is 0.764. The van der Waals surface area contributed by atoms with Crippen molar-refractivity contribution >= 4 is 17.9 Å². The molecule has 0 aromatic rings. The van der Waals surface area contributed by atoms with Crippen LogP contribution in [0.15, 0.2) is 60.8 Å². The Morgan fingerprint density at radius 1 is 0.344 bits per heavy atom. The highest BCUT2D eigenvalue weighted by molar-refractivity contribution is 5.71. The molecule has 1 atom stereocenters. The Kier molecular flexibility index (Phi) is 47.4. The maximum Gasteiger partial charge on any atom is 0.306 e. The quantitative estimate of drug-likeness (QED) is 0.0263. The van der Waals surface area contributed by atoms with Gasteiger partial charge in [-0.25, -0.2) is 0 Å². The van der Waals surface area contributed by atoms with Gasteiger partial charge in [0.2, 0.25) is 0 Å². The monoisotopic (exact) mass is 853 g/mol. The molecule has 0 rings (SSSR count). The van der Waals surface area contributed by atoms with Crippen molar-refractivity contribution in [1.82, 2.24) is 0 Å². The second-order valence-electron chi connectivity index (χ2n) is 17.1. The van der Waals surface area contributed by atoms with E-state index in [4.69, 9.17) is 14.2 Å². The van der Waals surface area contributed by atoms with E-state index in [1.807, 2.05) is 0 Å². The molecule has 0 aliphatic rings. The summed E-state index contributed by atoms with van der Waals surface area (Å²) in [6.45, 7) is 6.50. The number of hydrogen-bond donors (Lipinski definition) is 0. The zero-order chi connectivity index (χ0) is 44.4. The third-order valence-electron chi connectivity index (χ3n) is 11.0. The van der Waals surface area contributed by atoms with Crippen molar-refractivity contribution in [3.05, 3.63) is 60.8 Å². The third kappa shape index (κ3) is 48.0. The van der Waals surface area contributed by atoms with E-state index >= 15 is 0 Å². The van der Waals surface area contributed by atoms with Crippen molar-refractivity contribution < 1.29 is 28.6 Å². The fourth-order valence-electron chi connectivity index (χ4n) is 7.17. The topological polar surface area (TPSA) is 78.9 Å². The van der Waals surface area contributed by atoms with Crippen molar-refractivity contribution in [1.29, 1.82) is 0 Å². The van der Waals surface area contributed by atoms with Crippen LogP contribution in [0, 0.1) is 0 Å². The summed E-state index contributed by atoms with van der Waals surface area (Å²) in [6, 6.07) is 0. The summed E-state index contributed by atoms with van der Waals surface area (Å²) in [4.78, 5) is 37.9. The SMILES string of the molecule is CC/C=C\C/C=C\C/C=C\C/C=C\C/C=C\CCCCCCCC(=O)OCC(COC(=O)CCCCCCCCCCCC)OC(=O)CCCCCCCCCCCCCC. The van der Waals surface area contributed by atoms with Gasteiger partial charge in [-0.3, -0.25) is 14.4 Å². The summed E-state index contributed by atoms with van der Waals surface area (Å²) < 4.78 is 16.8. The fourth-order valence-corrected chi connectivity index (χ4v) is 7.17. The maximum absolute atomic E-state index is 12.8. The lowest BCUT2D eigenvalue weighted by Crippen LogP contribution is -2.30. The number of esters is 3. The predicted molar refractivity (Wildman–Crippen MR) is 261 cm³/mol. The van der Waals surface area contributed by atoms with E-state index in [0.717, 1.165) is 109 Å². The lowest BCUT2D eigenvalue weighted by Gasteiger charge is -2.18. The first-order valence-corrected chi connectivity index (χ1v) is 25.8. The minimum Gasteiger partial charge on any atom is -0.462 e. The molecule has 0 saturated heterocycles. The first kappa shape index (κ1) is 58.1. The van der Waals surface area contributed by atoms with E-state index in [0.29, 0.717) is 19.3 Å². The molecule has 0 amide bonds. The highest BCUT2D eigenvalue weighted by atomic mass is 16.6. The van der Waals surface area contributed by atoms with Crippen molar-refractivity contribution in [2.45, 2.75) is 258 Å². The summed E-state index contributed by atoms with van der Waals surface area (Å²) in [7, 11) is 0. The molecule has 0 fully saturated rings. The van der Waals surface area contributed by atoms with Crippen LogP contribution < -0.4 is 0 Å². The van der Waals surface area contributed by atoms with Gasteiger partial charge in [0.15, 0.2) is 6.10 Å². The van der Waals surface area contributed by atoms with Gasteiger partial charge in [0, 0.05) is 19.3 Å². The average molecular weight is 853 g/mol.